The van der Waals surface area contributed by atoms with Gasteiger partial charge in [-0.05, 0) is 81.5 Å². The van der Waals surface area contributed by atoms with Gasteiger partial charge in [-0.2, -0.15) is 0 Å². The minimum atomic E-state index is -1.26. The first-order chi connectivity index (χ1) is 19.8. The highest BCUT2D eigenvalue weighted by atomic mass is 35.5. The number of carbonyl (C=O) groups is 1. The van der Waals surface area contributed by atoms with Crippen LogP contribution in [0.15, 0.2) is 48.7 Å². The Morgan fingerprint density at radius 2 is 2.02 bits per heavy atom. The molecule has 2 aromatic carbocycles. The molecule has 1 aliphatic carbocycles. The summed E-state index contributed by atoms with van der Waals surface area (Å²) >= 11 is 5.96. The standard InChI is InChI=1S/C32H35ClFN3O4/c1-4-39-31(38)22-9-8-21(16-22)27-18-35-29(36(27)3)19-37-14-12-20(13-15-37)24-6-5-7-28-30(24)41-32(2,40-28)25-11-10-23(33)17-26(25)34/h5-8,10-11,17-18,20,22H,4,9,12-16,19H2,1-3H3. The molecule has 2 aliphatic heterocycles. The normalized spacial score (nSPS) is 22.7. The monoisotopic (exact) mass is 579 g/mol. The maximum absolute atomic E-state index is 14.8. The van der Waals surface area contributed by atoms with Crippen molar-refractivity contribution in [2.24, 2.45) is 13.0 Å². The third kappa shape index (κ3) is 5.35. The van der Waals surface area contributed by atoms with Crippen LogP contribution in [0.3, 0.4) is 0 Å². The largest absolute Gasteiger partial charge is 0.466 e. The number of esters is 1. The number of carbonyl (C=O) groups excluding carboxylic acids is 1. The lowest BCUT2D eigenvalue weighted by molar-refractivity contribution is -0.147. The molecule has 0 amide bonds. The van der Waals surface area contributed by atoms with E-state index in [0.717, 1.165) is 55.1 Å². The van der Waals surface area contributed by atoms with Gasteiger partial charge in [0.1, 0.15) is 11.6 Å². The fourth-order valence-electron chi connectivity index (χ4n) is 6.30. The van der Waals surface area contributed by atoms with Gasteiger partial charge < -0.3 is 18.8 Å². The Labute approximate surface area is 244 Å². The van der Waals surface area contributed by atoms with E-state index >= 15 is 0 Å². The van der Waals surface area contributed by atoms with Gasteiger partial charge in [0.2, 0.25) is 0 Å². The van der Waals surface area contributed by atoms with Crippen molar-refractivity contribution in [2.75, 3.05) is 19.7 Å². The van der Waals surface area contributed by atoms with E-state index in [1.165, 1.54) is 6.07 Å². The van der Waals surface area contributed by atoms with E-state index in [0.29, 0.717) is 47.5 Å². The molecule has 1 saturated heterocycles. The van der Waals surface area contributed by atoms with Crippen LogP contribution in [0.25, 0.3) is 5.57 Å². The van der Waals surface area contributed by atoms with Crippen LogP contribution in [0.5, 0.6) is 11.5 Å². The summed E-state index contributed by atoms with van der Waals surface area (Å²) in [5.74, 6) is 0.722. The number of hydrogen-bond acceptors (Lipinski definition) is 6. The van der Waals surface area contributed by atoms with Crippen molar-refractivity contribution < 1.29 is 23.4 Å². The summed E-state index contributed by atoms with van der Waals surface area (Å²) in [6.45, 7) is 6.60. The lowest BCUT2D eigenvalue weighted by Crippen LogP contribution is -2.34. The van der Waals surface area contributed by atoms with Gasteiger partial charge in [-0.25, -0.2) is 9.37 Å². The Morgan fingerprint density at radius 3 is 2.78 bits per heavy atom. The predicted octanol–water partition coefficient (Wildman–Crippen LogP) is 6.59. The van der Waals surface area contributed by atoms with Crippen LogP contribution >= 0.6 is 11.6 Å². The Balaban J connectivity index is 1.09. The van der Waals surface area contributed by atoms with Crippen molar-refractivity contribution in [1.29, 1.82) is 0 Å². The number of piperidine rings is 1. The number of benzene rings is 2. The molecule has 3 aromatic rings. The lowest BCUT2D eigenvalue weighted by Gasteiger charge is -2.32. The van der Waals surface area contributed by atoms with Crippen LogP contribution in [0.4, 0.5) is 4.39 Å². The predicted molar refractivity (Wildman–Crippen MR) is 154 cm³/mol. The molecule has 41 heavy (non-hydrogen) atoms. The first-order valence-electron chi connectivity index (χ1n) is 14.3. The minimum absolute atomic E-state index is 0.0979. The van der Waals surface area contributed by atoms with Crippen molar-refractivity contribution >= 4 is 23.1 Å². The molecule has 0 N–H and O–H groups in total. The topological polar surface area (TPSA) is 65.8 Å². The summed E-state index contributed by atoms with van der Waals surface area (Å²) in [4.78, 5) is 19.3. The third-order valence-electron chi connectivity index (χ3n) is 8.57. The molecule has 1 fully saturated rings. The number of aromatic nitrogens is 2. The number of nitrogens with zero attached hydrogens (tertiary/aromatic N) is 3. The zero-order valence-corrected chi connectivity index (χ0v) is 24.4. The molecule has 2 unspecified atom stereocenters. The van der Waals surface area contributed by atoms with E-state index < -0.39 is 11.6 Å². The Morgan fingerprint density at radius 1 is 1.22 bits per heavy atom. The zero-order chi connectivity index (χ0) is 28.7. The Hall–Kier alpha value is -3.36. The van der Waals surface area contributed by atoms with E-state index in [-0.39, 0.29) is 11.9 Å². The SMILES string of the molecule is CCOC(=O)C1CC=C(c2cnc(CN3CCC(c4cccc5c4OC(C)(c4ccc(Cl)cc4F)O5)CC3)n2C)C1. The average molecular weight is 580 g/mol. The van der Waals surface area contributed by atoms with Crippen LogP contribution < -0.4 is 9.47 Å². The van der Waals surface area contributed by atoms with Gasteiger partial charge >= 0.3 is 5.97 Å². The number of allylic oxidation sites excluding steroid dienone is 2. The summed E-state index contributed by atoms with van der Waals surface area (Å²) < 4.78 is 34.6. The van der Waals surface area contributed by atoms with E-state index in [1.54, 1.807) is 19.1 Å². The van der Waals surface area contributed by atoms with Gasteiger partial charge in [-0.15, -0.1) is 0 Å². The minimum Gasteiger partial charge on any atom is -0.466 e. The molecule has 2 atom stereocenters. The zero-order valence-electron chi connectivity index (χ0n) is 23.7. The summed E-state index contributed by atoms with van der Waals surface area (Å²) in [6.07, 6.45) is 7.41. The fourth-order valence-corrected chi connectivity index (χ4v) is 6.46. The summed E-state index contributed by atoms with van der Waals surface area (Å²) in [5, 5.41) is 0.331. The van der Waals surface area contributed by atoms with Crippen molar-refractivity contribution in [3.63, 3.8) is 0 Å². The van der Waals surface area contributed by atoms with Crippen LogP contribution in [0, 0.1) is 11.7 Å². The molecule has 216 valence electrons. The number of imidazole rings is 1. The molecule has 1 aromatic heterocycles. The number of halogens is 2. The second-order valence-corrected chi connectivity index (χ2v) is 11.7. The molecular weight excluding hydrogens is 545 g/mol. The molecule has 3 aliphatic rings. The third-order valence-corrected chi connectivity index (χ3v) is 8.81. The maximum atomic E-state index is 14.8. The fraction of sp³-hybridized carbons (Fsp3) is 0.438. The maximum Gasteiger partial charge on any atom is 0.309 e. The average Bonchev–Trinajstić information content (AvgIpc) is 3.66. The first kappa shape index (κ1) is 27.8. The van der Waals surface area contributed by atoms with Crippen LogP contribution in [0.1, 0.15) is 68.1 Å². The van der Waals surface area contributed by atoms with Gasteiger partial charge in [0, 0.05) is 24.6 Å². The van der Waals surface area contributed by atoms with Gasteiger partial charge in [0.05, 0.1) is 36.5 Å². The highest BCUT2D eigenvalue weighted by molar-refractivity contribution is 6.30. The number of fused-ring (bicyclic) bond motifs is 1. The molecule has 0 saturated carbocycles. The molecule has 9 heteroatoms. The van der Waals surface area contributed by atoms with Crippen molar-refractivity contribution in [2.45, 2.75) is 57.8 Å². The second kappa shape index (κ2) is 11.1. The van der Waals surface area contributed by atoms with Crippen molar-refractivity contribution in [1.82, 2.24) is 14.5 Å². The van der Waals surface area contributed by atoms with Gasteiger partial charge in [-0.1, -0.05) is 29.8 Å². The first-order valence-corrected chi connectivity index (χ1v) is 14.7. The van der Waals surface area contributed by atoms with Crippen LogP contribution in [0.2, 0.25) is 5.02 Å². The highest BCUT2D eigenvalue weighted by Gasteiger charge is 2.43. The van der Waals surface area contributed by atoms with Crippen LogP contribution in [-0.2, 0) is 28.9 Å². The molecule has 7 nitrogen and oxygen atoms in total. The Kier molecular flexibility index (Phi) is 7.55. The van der Waals surface area contributed by atoms with Crippen molar-refractivity contribution in [3.05, 3.63) is 82.2 Å². The summed E-state index contributed by atoms with van der Waals surface area (Å²) in [6, 6.07) is 10.5. The highest BCUT2D eigenvalue weighted by Crippen LogP contribution is 2.50. The van der Waals surface area contributed by atoms with E-state index in [1.807, 2.05) is 32.3 Å². The van der Waals surface area contributed by atoms with Crippen LogP contribution in [-0.4, -0.2) is 40.1 Å². The van der Waals surface area contributed by atoms with Crippen molar-refractivity contribution in [3.8, 4) is 11.5 Å². The molecule has 6 rings (SSSR count). The van der Waals surface area contributed by atoms with Gasteiger partial charge in [-0.3, -0.25) is 9.69 Å². The summed E-state index contributed by atoms with van der Waals surface area (Å²) in [7, 11) is 2.05. The van der Waals surface area contributed by atoms with E-state index in [4.69, 9.17) is 30.8 Å². The number of likely N-dealkylation sites (tertiary alicyclic amines) is 1. The number of rotatable bonds is 7. The molecule has 0 spiro atoms. The smallest absolute Gasteiger partial charge is 0.309 e. The quantitative estimate of drug-likeness (QED) is 0.294. The molecule has 3 heterocycles. The van der Waals surface area contributed by atoms with Gasteiger partial charge in [0.15, 0.2) is 11.5 Å². The second-order valence-electron chi connectivity index (χ2n) is 11.2. The van der Waals surface area contributed by atoms with E-state index in [2.05, 4.69) is 21.6 Å². The lowest BCUT2D eigenvalue weighted by atomic mass is 9.88. The Bertz CT molecular complexity index is 1500. The molecule has 0 bridgehead atoms. The molecule has 0 radical (unpaired) electrons. The number of hydrogen-bond donors (Lipinski definition) is 0. The number of para-hydroxylation sites is 1. The molecular formula is C32H35ClFN3O4. The summed E-state index contributed by atoms with van der Waals surface area (Å²) in [5.41, 5.74) is 3.65. The van der Waals surface area contributed by atoms with E-state index in [9.17, 15) is 9.18 Å². The number of ether oxygens (including phenoxy) is 3. The van der Waals surface area contributed by atoms with Gasteiger partial charge in [0.25, 0.3) is 5.79 Å².